The van der Waals surface area contributed by atoms with E-state index in [0.717, 1.165) is 25.9 Å². The lowest BCUT2D eigenvalue weighted by molar-refractivity contribution is -0.126. The predicted molar refractivity (Wildman–Crippen MR) is 110 cm³/mol. The van der Waals surface area contributed by atoms with Crippen molar-refractivity contribution in [1.29, 1.82) is 0 Å². The number of benzene rings is 1. The average Bonchev–Trinajstić information content (AvgIpc) is 3.19. The van der Waals surface area contributed by atoms with Crippen LogP contribution in [0.3, 0.4) is 0 Å². The number of hydrogen-bond acceptors (Lipinski definition) is 5. The Hall–Kier alpha value is -2.52. The number of nitrogens with one attached hydrogen (secondary N) is 2. The molecule has 9 heteroatoms. The standard InChI is InChI=1S/C21H23F2N3O3S/c1-12-18(13-7-9-26(12)10-8-13)25-20(27)16-5-6-17(30-16)29-15-4-2-3-14(11-15)24-21(28)19(22)23/h2-6,11-13,18-19H,7-10H2,1H3,(H,24,28)(H,25,27)/t12-,18-/m0/s1. The third kappa shape index (κ3) is 4.46. The number of alkyl halides is 2. The zero-order valence-corrected chi connectivity index (χ0v) is 17.3. The van der Waals surface area contributed by atoms with E-state index in [4.69, 9.17) is 4.74 Å². The summed E-state index contributed by atoms with van der Waals surface area (Å²) in [6, 6.07) is 10.1. The van der Waals surface area contributed by atoms with Crippen molar-refractivity contribution in [2.45, 2.75) is 38.3 Å². The average molecular weight is 435 g/mol. The topological polar surface area (TPSA) is 70.7 Å². The molecule has 2 N–H and O–H groups in total. The lowest BCUT2D eigenvalue weighted by Crippen LogP contribution is -2.62. The molecule has 0 unspecified atom stereocenters. The Morgan fingerprint density at radius 3 is 2.67 bits per heavy atom. The minimum atomic E-state index is -3.09. The van der Waals surface area contributed by atoms with Crippen LogP contribution in [0.1, 0.15) is 29.4 Å². The fraction of sp³-hybridized carbons (Fsp3) is 0.429. The van der Waals surface area contributed by atoms with Crippen LogP contribution in [0.25, 0.3) is 0 Å². The van der Waals surface area contributed by atoms with Crippen LogP contribution in [0.2, 0.25) is 0 Å². The molecular formula is C21H23F2N3O3S. The lowest BCUT2D eigenvalue weighted by atomic mass is 9.79. The van der Waals surface area contributed by atoms with Crippen molar-refractivity contribution in [3.8, 4) is 10.8 Å². The van der Waals surface area contributed by atoms with Gasteiger partial charge in [0.1, 0.15) is 5.75 Å². The van der Waals surface area contributed by atoms with Crippen LogP contribution >= 0.6 is 11.3 Å². The van der Waals surface area contributed by atoms with Crippen LogP contribution in [0, 0.1) is 5.92 Å². The summed E-state index contributed by atoms with van der Waals surface area (Å²) in [5, 5.41) is 5.81. The number of hydrogen-bond donors (Lipinski definition) is 2. The molecule has 6 nitrogen and oxygen atoms in total. The highest BCUT2D eigenvalue weighted by Crippen LogP contribution is 2.34. The maximum atomic E-state index is 12.7. The first-order valence-corrected chi connectivity index (χ1v) is 10.7. The number of rotatable bonds is 6. The van der Waals surface area contributed by atoms with E-state index in [2.05, 4.69) is 22.5 Å². The zero-order chi connectivity index (χ0) is 21.3. The van der Waals surface area contributed by atoms with Gasteiger partial charge in [0.15, 0.2) is 5.06 Å². The van der Waals surface area contributed by atoms with Crippen molar-refractivity contribution in [3.63, 3.8) is 0 Å². The van der Waals surface area contributed by atoms with Crippen molar-refractivity contribution in [1.82, 2.24) is 10.2 Å². The molecule has 1 aromatic heterocycles. The fourth-order valence-corrected chi connectivity index (χ4v) is 4.99. The Morgan fingerprint density at radius 2 is 1.97 bits per heavy atom. The van der Waals surface area contributed by atoms with E-state index in [0.29, 0.717) is 27.6 Å². The molecule has 0 saturated carbocycles. The smallest absolute Gasteiger partial charge is 0.315 e. The summed E-state index contributed by atoms with van der Waals surface area (Å²) in [5.74, 6) is -0.583. The van der Waals surface area contributed by atoms with Gasteiger partial charge in [0.2, 0.25) is 0 Å². The molecule has 0 aliphatic carbocycles. The normalized spacial score (nSPS) is 25.2. The van der Waals surface area contributed by atoms with Crippen LogP contribution in [-0.4, -0.2) is 48.3 Å². The highest BCUT2D eigenvalue weighted by molar-refractivity contribution is 7.15. The number of piperidine rings is 3. The SMILES string of the molecule is C[C@H]1[C@H](NC(=O)c2ccc(Oc3cccc(NC(=O)C(F)F)c3)s2)C2CCN1CC2. The molecule has 3 fully saturated rings. The van der Waals surface area contributed by atoms with E-state index in [1.807, 2.05) is 0 Å². The van der Waals surface area contributed by atoms with E-state index in [1.54, 1.807) is 24.3 Å². The summed E-state index contributed by atoms with van der Waals surface area (Å²) < 4.78 is 30.5. The number of halogens is 2. The molecule has 3 aliphatic heterocycles. The minimum absolute atomic E-state index is 0.113. The third-order valence-corrected chi connectivity index (χ3v) is 6.76. The Kier molecular flexibility index (Phi) is 6.01. The van der Waals surface area contributed by atoms with E-state index >= 15 is 0 Å². The van der Waals surface area contributed by atoms with Crippen LogP contribution in [-0.2, 0) is 4.79 Å². The summed E-state index contributed by atoms with van der Waals surface area (Å²) >= 11 is 1.22. The van der Waals surface area contributed by atoms with Gasteiger partial charge in [-0.25, -0.2) is 0 Å². The molecule has 30 heavy (non-hydrogen) atoms. The van der Waals surface area contributed by atoms with E-state index in [-0.39, 0.29) is 17.6 Å². The third-order valence-electron chi connectivity index (χ3n) is 5.80. The number of ether oxygens (including phenoxy) is 1. The minimum Gasteiger partial charge on any atom is -0.447 e. The molecule has 4 heterocycles. The molecule has 3 aliphatic rings. The first-order valence-electron chi connectivity index (χ1n) is 9.92. The summed E-state index contributed by atoms with van der Waals surface area (Å²) in [4.78, 5) is 26.9. The molecule has 0 spiro atoms. The number of carbonyl (C=O) groups excluding carboxylic acids is 2. The predicted octanol–water partition coefficient (Wildman–Crippen LogP) is 3.96. The van der Waals surface area contributed by atoms with Crippen molar-refractivity contribution in [2.75, 3.05) is 18.4 Å². The number of thiophene rings is 1. The molecule has 1 aromatic carbocycles. The first kappa shape index (κ1) is 20.7. The lowest BCUT2D eigenvalue weighted by Gasteiger charge is -2.49. The highest BCUT2D eigenvalue weighted by Gasteiger charge is 2.40. The van der Waals surface area contributed by atoms with Crippen LogP contribution in [0.5, 0.6) is 10.8 Å². The molecule has 2 aromatic rings. The number of amides is 2. The van der Waals surface area contributed by atoms with E-state index < -0.39 is 12.3 Å². The Labute approximate surface area is 177 Å². The van der Waals surface area contributed by atoms with Gasteiger partial charge in [0.05, 0.1) is 4.88 Å². The van der Waals surface area contributed by atoms with Gasteiger partial charge in [-0.2, -0.15) is 8.78 Å². The summed E-state index contributed by atoms with van der Waals surface area (Å²) in [5.41, 5.74) is 0.212. The van der Waals surface area contributed by atoms with Crippen LogP contribution < -0.4 is 15.4 Å². The quantitative estimate of drug-likeness (QED) is 0.721. The van der Waals surface area contributed by atoms with Gasteiger partial charge in [0, 0.05) is 23.8 Å². The maximum absolute atomic E-state index is 12.7. The number of carbonyl (C=O) groups is 2. The number of nitrogens with zero attached hydrogens (tertiary/aromatic N) is 1. The van der Waals surface area contributed by atoms with Crippen molar-refractivity contribution >= 4 is 28.8 Å². The fourth-order valence-electron chi connectivity index (χ4n) is 4.22. The van der Waals surface area contributed by atoms with Gasteiger partial charge < -0.3 is 15.4 Å². The second kappa shape index (κ2) is 8.69. The van der Waals surface area contributed by atoms with Gasteiger partial charge in [-0.3, -0.25) is 14.5 Å². The molecule has 2 atom stereocenters. The molecule has 0 radical (unpaired) electrons. The van der Waals surface area contributed by atoms with Crippen molar-refractivity contribution in [2.24, 2.45) is 5.92 Å². The molecule has 3 saturated heterocycles. The second-order valence-corrected chi connectivity index (χ2v) is 8.70. The van der Waals surface area contributed by atoms with Gasteiger partial charge in [-0.05, 0) is 63.0 Å². The number of fused-ring (bicyclic) bond motifs is 3. The summed E-state index contributed by atoms with van der Waals surface area (Å²) in [6.45, 7) is 4.37. The summed E-state index contributed by atoms with van der Waals surface area (Å²) in [6.07, 6.45) is -0.856. The van der Waals surface area contributed by atoms with E-state index in [1.165, 1.54) is 23.5 Å². The van der Waals surface area contributed by atoms with E-state index in [9.17, 15) is 18.4 Å². The number of anilines is 1. The molecular weight excluding hydrogens is 412 g/mol. The van der Waals surface area contributed by atoms with Crippen LogP contribution in [0.15, 0.2) is 36.4 Å². The van der Waals surface area contributed by atoms with Crippen LogP contribution in [0.4, 0.5) is 14.5 Å². The Balaban J connectivity index is 1.38. The monoisotopic (exact) mass is 435 g/mol. The second-order valence-electron chi connectivity index (χ2n) is 7.65. The Morgan fingerprint density at radius 1 is 1.20 bits per heavy atom. The van der Waals surface area contributed by atoms with Gasteiger partial charge >= 0.3 is 6.43 Å². The zero-order valence-electron chi connectivity index (χ0n) is 16.4. The molecule has 2 bridgehead atoms. The summed E-state index contributed by atoms with van der Waals surface area (Å²) in [7, 11) is 0. The van der Waals surface area contributed by atoms with Gasteiger partial charge in [-0.1, -0.05) is 17.4 Å². The Bertz CT molecular complexity index is 926. The van der Waals surface area contributed by atoms with Crippen molar-refractivity contribution in [3.05, 3.63) is 41.3 Å². The molecule has 2 amide bonds. The first-order chi connectivity index (χ1) is 14.4. The molecule has 5 rings (SSSR count). The highest BCUT2D eigenvalue weighted by atomic mass is 32.1. The largest absolute Gasteiger partial charge is 0.447 e. The molecule has 160 valence electrons. The van der Waals surface area contributed by atoms with Gasteiger partial charge in [-0.15, -0.1) is 0 Å². The maximum Gasteiger partial charge on any atom is 0.315 e. The van der Waals surface area contributed by atoms with Gasteiger partial charge in [0.25, 0.3) is 11.8 Å². The van der Waals surface area contributed by atoms with Crippen molar-refractivity contribution < 1.29 is 23.1 Å².